The fraction of sp³-hybridized carbons (Fsp3) is 0.261. The van der Waals surface area contributed by atoms with Gasteiger partial charge in [0.05, 0.1) is 17.6 Å². The topological polar surface area (TPSA) is 121 Å². The molecule has 0 bridgehead atoms. The van der Waals surface area contributed by atoms with E-state index in [1.807, 2.05) is 12.1 Å². The van der Waals surface area contributed by atoms with E-state index in [0.29, 0.717) is 11.3 Å². The first-order valence-electron chi connectivity index (χ1n) is 10.0. The van der Waals surface area contributed by atoms with Gasteiger partial charge in [0, 0.05) is 0 Å². The Balaban J connectivity index is 1.45. The van der Waals surface area contributed by atoms with Crippen LogP contribution in [0.1, 0.15) is 59.5 Å². The first kappa shape index (κ1) is 21.6. The van der Waals surface area contributed by atoms with E-state index < -0.39 is 17.8 Å². The molecule has 0 saturated heterocycles. The van der Waals surface area contributed by atoms with E-state index >= 15 is 0 Å². The predicted octanol–water partition coefficient (Wildman–Crippen LogP) is 3.86. The number of esters is 1. The summed E-state index contributed by atoms with van der Waals surface area (Å²) in [5.41, 5.74) is 8.49. The molecular formula is C23H22N2O6S. The lowest BCUT2D eigenvalue weighted by Gasteiger charge is -2.07. The first-order chi connectivity index (χ1) is 15.4. The summed E-state index contributed by atoms with van der Waals surface area (Å²) >= 11 is 0.911. The van der Waals surface area contributed by atoms with Crippen LogP contribution in [-0.4, -0.2) is 24.9 Å². The average molecular weight is 455 g/mol. The molecule has 1 aromatic carbocycles. The third-order valence-corrected chi connectivity index (χ3v) is 6.55. The molecule has 0 unspecified atom stereocenters. The molecule has 8 nitrogen and oxygen atoms in total. The highest BCUT2D eigenvalue weighted by Crippen LogP contribution is 2.34. The summed E-state index contributed by atoms with van der Waals surface area (Å²) < 4.78 is 16.2. The molecule has 32 heavy (non-hydrogen) atoms. The Labute approximate surface area is 188 Å². The second-order valence-corrected chi connectivity index (χ2v) is 8.43. The molecule has 2 aromatic heterocycles. The number of fused-ring (bicyclic) bond motifs is 1. The highest BCUT2D eigenvalue weighted by Gasteiger charge is 2.26. The molecule has 0 saturated carbocycles. The minimum atomic E-state index is -0.692. The lowest BCUT2D eigenvalue weighted by atomic mass is 10.1. The van der Waals surface area contributed by atoms with E-state index in [9.17, 15) is 14.4 Å². The Bertz CT molecular complexity index is 1210. The van der Waals surface area contributed by atoms with E-state index in [2.05, 4.69) is 11.4 Å². The fourth-order valence-electron chi connectivity index (χ4n) is 3.72. The van der Waals surface area contributed by atoms with Crippen LogP contribution in [0.2, 0.25) is 0 Å². The number of nitrogens with two attached hydrogens (primary N) is 1. The second-order valence-electron chi connectivity index (χ2n) is 7.41. The van der Waals surface area contributed by atoms with Crippen LogP contribution in [0, 0.1) is 6.92 Å². The monoisotopic (exact) mass is 454 g/mol. The number of aryl methyl sites for hydroxylation is 2. The quantitative estimate of drug-likeness (QED) is 0.523. The molecule has 4 rings (SSSR count). The highest BCUT2D eigenvalue weighted by atomic mass is 32.1. The Morgan fingerprint density at radius 1 is 1.16 bits per heavy atom. The molecule has 3 aromatic rings. The largest absolute Gasteiger partial charge is 0.486 e. The number of methoxy groups -OCH3 is 1. The Morgan fingerprint density at radius 2 is 1.94 bits per heavy atom. The van der Waals surface area contributed by atoms with Crippen LogP contribution in [0.4, 0.5) is 5.00 Å². The van der Waals surface area contributed by atoms with Gasteiger partial charge in [-0.3, -0.25) is 9.59 Å². The summed E-state index contributed by atoms with van der Waals surface area (Å²) in [7, 11) is 1.22. The zero-order chi connectivity index (χ0) is 22.8. The number of amides is 2. The number of thiophene rings is 1. The van der Waals surface area contributed by atoms with Gasteiger partial charge >= 0.3 is 5.97 Å². The van der Waals surface area contributed by atoms with Gasteiger partial charge in [0.1, 0.15) is 23.1 Å². The van der Waals surface area contributed by atoms with Crippen LogP contribution >= 0.6 is 11.3 Å². The molecule has 2 amide bonds. The van der Waals surface area contributed by atoms with Crippen molar-refractivity contribution in [3.8, 4) is 5.75 Å². The van der Waals surface area contributed by atoms with Crippen molar-refractivity contribution >= 4 is 34.1 Å². The zero-order valence-corrected chi connectivity index (χ0v) is 18.5. The summed E-state index contributed by atoms with van der Waals surface area (Å²) in [6.45, 7) is 1.74. The van der Waals surface area contributed by atoms with Gasteiger partial charge in [-0.15, -0.1) is 11.3 Å². The Kier molecular flexibility index (Phi) is 6.00. The summed E-state index contributed by atoms with van der Waals surface area (Å²) in [6.07, 6.45) is 3.33. The molecule has 0 fully saturated rings. The number of ether oxygens (including phenoxy) is 2. The first-order valence-corrected chi connectivity index (χ1v) is 10.8. The summed E-state index contributed by atoms with van der Waals surface area (Å²) in [4.78, 5) is 36.6. The molecule has 9 heteroatoms. The van der Waals surface area contributed by atoms with Gasteiger partial charge in [-0.2, -0.15) is 0 Å². The number of anilines is 1. The van der Waals surface area contributed by atoms with Crippen LogP contribution in [0.25, 0.3) is 0 Å². The molecule has 1 aliphatic rings. The minimum Gasteiger partial charge on any atom is -0.486 e. The van der Waals surface area contributed by atoms with Gasteiger partial charge in [0.15, 0.2) is 5.76 Å². The van der Waals surface area contributed by atoms with Crippen molar-refractivity contribution < 1.29 is 28.3 Å². The SMILES string of the molecule is COC(=O)c1c(NC(=O)c2ccc(COc3ccc4c(c3)CCC4)o2)sc(C(N)=O)c1C. The van der Waals surface area contributed by atoms with Crippen LogP contribution in [-0.2, 0) is 24.2 Å². The lowest BCUT2D eigenvalue weighted by molar-refractivity contribution is 0.0601. The van der Waals surface area contributed by atoms with Crippen molar-refractivity contribution in [2.45, 2.75) is 32.8 Å². The van der Waals surface area contributed by atoms with E-state index in [-0.39, 0.29) is 27.8 Å². The van der Waals surface area contributed by atoms with E-state index in [0.717, 1.165) is 36.3 Å². The van der Waals surface area contributed by atoms with Crippen molar-refractivity contribution in [2.75, 3.05) is 12.4 Å². The van der Waals surface area contributed by atoms with Crippen LogP contribution in [0.3, 0.4) is 0 Å². The van der Waals surface area contributed by atoms with Gasteiger partial charge in [-0.05, 0) is 67.1 Å². The molecular weight excluding hydrogens is 432 g/mol. The second kappa shape index (κ2) is 8.88. The normalized spacial score (nSPS) is 12.3. The maximum absolute atomic E-state index is 12.7. The third kappa shape index (κ3) is 4.24. The molecule has 1 aliphatic carbocycles. The summed E-state index contributed by atoms with van der Waals surface area (Å²) in [5.74, 6) is -0.671. The lowest BCUT2D eigenvalue weighted by Crippen LogP contribution is -2.14. The average Bonchev–Trinajstić information content (AvgIpc) is 3.50. The molecule has 0 spiro atoms. The van der Waals surface area contributed by atoms with Gasteiger partial charge in [-0.1, -0.05) is 6.07 Å². The molecule has 166 valence electrons. The Hall–Kier alpha value is -3.59. The van der Waals surface area contributed by atoms with Crippen molar-refractivity contribution in [2.24, 2.45) is 5.73 Å². The van der Waals surface area contributed by atoms with E-state index in [1.165, 1.54) is 24.3 Å². The predicted molar refractivity (Wildman–Crippen MR) is 118 cm³/mol. The van der Waals surface area contributed by atoms with E-state index in [4.69, 9.17) is 19.6 Å². The number of carbonyl (C=O) groups excluding carboxylic acids is 3. The number of primary amides is 1. The van der Waals surface area contributed by atoms with Crippen molar-refractivity contribution in [3.05, 3.63) is 69.0 Å². The standard InChI is InChI=1S/C23H22N2O6S/c1-12-18(23(28)29-2)22(32-19(12)20(24)26)25-21(27)17-9-8-16(31-17)11-30-15-7-6-13-4-3-5-14(13)10-15/h6-10H,3-5,11H2,1-2H3,(H2,24,26)(H,25,27). The number of nitrogens with one attached hydrogen (secondary N) is 1. The minimum absolute atomic E-state index is 0.0417. The highest BCUT2D eigenvalue weighted by molar-refractivity contribution is 7.18. The van der Waals surface area contributed by atoms with Crippen LogP contribution in [0.5, 0.6) is 5.75 Å². The molecule has 0 aliphatic heterocycles. The van der Waals surface area contributed by atoms with Crippen molar-refractivity contribution in [1.29, 1.82) is 0 Å². The van der Waals surface area contributed by atoms with Gasteiger partial charge < -0.3 is 24.9 Å². The number of carbonyl (C=O) groups is 3. The van der Waals surface area contributed by atoms with E-state index in [1.54, 1.807) is 13.0 Å². The van der Waals surface area contributed by atoms with Gasteiger partial charge in [-0.25, -0.2) is 4.79 Å². The molecule has 0 atom stereocenters. The van der Waals surface area contributed by atoms with Gasteiger partial charge in [0.25, 0.3) is 11.8 Å². The smallest absolute Gasteiger partial charge is 0.341 e. The third-order valence-electron chi connectivity index (χ3n) is 5.32. The molecule has 3 N–H and O–H groups in total. The summed E-state index contributed by atoms with van der Waals surface area (Å²) in [5, 5.41) is 2.78. The molecule has 0 radical (unpaired) electrons. The van der Waals surface area contributed by atoms with Crippen molar-refractivity contribution in [1.82, 2.24) is 0 Å². The maximum Gasteiger partial charge on any atom is 0.341 e. The fourth-order valence-corrected chi connectivity index (χ4v) is 4.76. The number of rotatable bonds is 7. The number of hydrogen-bond acceptors (Lipinski definition) is 7. The van der Waals surface area contributed by atoms with Crippen LogP contribution < -0.4 is 15.8 Å². The Morgan fingerprint density at radius 3 is 2.69 bits per heavy atom. The van der Waals surface area contributed by atoms with Crippen LogP contribution in [0.15, 0.2) is 34.7 Å². The summed E-state index contributed by atoms with van der Waals surface area (Å²) in [6, 6.07) is 9.23. The van der Waals surface area contributed by atoms with Crippen molar-refractivity contribution in [3.63, 3.8) is 0 Å². The number of hydrogen-bond donors (Lipinski definition) is 2. The van der Waals surface area contributed by atoms with Gasteiger partial charge in [0.2, 0.25) is 0 Å². The molecule has 2 heterocycles. The number of benzene rings is 1. The number of furan rings is 1. The zero-order valence-electron chi connectivity index (χ0n) is 17.7. The maximum atomic E-state index is 12.7.